The summed E-state index contributed by atoms with van der Waals surface area (Å²) < 4.78 is -0.846. The third kappa shape index (κ3) is 5.24. The molecule has 0 saturated carbocycles. The van der Waals surface area contributed by atoms with Crippen molar-refractivity contribution in [3.8, 4) is 0 Å². The molecule has 0 unspecified atom stereocenters. The average Bonchev–Trinajstić information content (AvgIpc) is 2.91. The molecule has 0 N–H and O–H groups in total. The highest BCUT2D eigenvalue weighted by atomic mass is 35.5. The number of halogens is 4. The highest BCUT2D eigenvalue weighted by Gasteiger charge is 2.47. The van der Waals surface area contributed by atoms with E-state index in [1.807, 2.05) is 0 Å². The number of hydrogen-bond acceptors (Lipinski definition) is 8. The van der Waals surface area contributed by atoms with E-state index in [0.29, 0.717) is 0 Å². The molecule has 41 heavy (non-hydrogen) atoms. The highest BCUT2D eigenvalue weighted by molar-refractivity contribution is 6.38. The van der Waals surface area contributed by atoms with Gasteiger partial charge in [-0.25, -0.2) is 0 Å². The van der Waals surface area contributed by atoms with Crippen molar-refractivity contribution in [2.45, 2.75) is 0 Å². The topological polar surface area (TPSA) is 173 Å². The van der Waals surface area contributed by atoms with E-state index in [4.69, 9.17) is 46.4 Å². The summed E-state index contributed by atoms with van der Waals surface area (Å²) in [5.74, 6) is 0. The third-order valence-corrected chi connectivity index (χ3v) is 7.22. The predicted octanol–water partition coefficient (Wildman–Crippen LogP) is 9.24. The molecule has 0 fully saturated rings. The van der Waals surface area contributed by atoms with Crippen molar-refractivity contribution < 1.29 is 19.7 Å². The summed E-state index contributed by atoms with van der Waals surface area (Å²) in [6.07, 6.45) is 0. The normalized spacial score (nSPS) is 11.2. The molecule has 17 heteroatoms. The molecule has 0 atom stereocenters. The minimum absolute atomic E-state index is 0.0134. The summed E-state index contributed by atoms with van der Waals surface area (Å²) in [7, 11) is 0. The Morgan fingerprint density at radius 1 is 0.415 bits per heavy atom. The van der Waals surface area contributed by atoms with Crippen molar-refractivity contribution in [3.05, 3.63) is 133 Å². The van der Waals surface area contributed by atoms with E-state index in [0.717, 1.165) is 48.5 Å². The molecule has 4 aromatic rings. The Morgan fingerprint density at radius 3 is 0.756 bits per heavy atom. The average molecular weight is 640 g/mol. The number of nitrogens with zero attached hydrogens (tertiary/aromatic N) is 5. The lowest BCUT2D eigenvalue weighted by Crippen LogP contribution is -2.34. The van der Waals surface area contributed by atoms with E-state index < -0.39 is 46.9 Å². The van der Waals surface area contributed by atoms with Crippen LogP contribution in [0, 0.1) is 40.5 Å². The number of non-ortho nitro benzene ring substituents is 4. The fraction of sp³-hybridized carbons (Fsp3) is 0. The monoisotopic (exact) mass is 638 g/mol. The summed E-state index contributed by atoms with van der Waals surface area (Å²) in [6.45, 7) is 0. The molecule has 4 rings (SSSR count). The maximum Gasteiger partial charge on any atom is 0.271 e. The molecule has 4 aromatic carbocycles. The largest absolute Gasteiger partial charge is 0.271 e. The number of hydrogen-bond donors (Lipinski definition) is 0. The van der Waals surface area contributed by atoms with Crippen LogP contribution in [-0.2, 0) is 0 Å². The zero-order chi connectivity index (χ0) is 30.2. The molecular formula is C24H12Cl4N5O8+. The van der Waals surface area contributed by atoms with Gasteiger partial charge >= 0.3 is 0 Å². The second-order valence-electron chi connectivity index (χ2n) is 8.24. The van der Waals surface area contributed by atoms with E-state index in [-0.39, 0.29) is 42.8 Å². The number of quaternary nitrogens is 1. The van der Waals surface area contributed by atoms with Crippen LogP contribution >= 0.6 is 46.4 Å². The first kappa shape index (κ1) is 29.6. The van der Waals surface area contributed by atoms with Crippen LogP contribution in [0.2, 0.25) is 20.1 Å². The van der Waals surface area contributed by atoms with Gasteiger partial charge in [-0.3, -0.25) is 40.5 Å². The van der Waals surface area contributed by atoms with Gasteiger partial charge in [0.05, 0.1) is 19.7 Å². The fourth-order valence-corrected chi connectivity index (χ4v) is 5.51. The van der Waals surface area contributed by atoms with Gasteiger partial charge in [-0.1, -0.05) is 46.4 Å². The number of nitro benzene ring substituents is 4. The third-order valence-electron chi connectivity index (χ3n) is 6.01. The Balaban J connectivity index is 2.28. The fourth-order valence-electron chi connectivity index (χ4n) is 4.30. The van der Waals surface area contributed by atoms with Crippen molar-refractivity contribution >= 4 is 91.9 Å². The van der Waals surface area contributed by atoms with E-state index in [1.54, 1.807) is 0 Å². The van der Waals surface area contributed by atoms with Gasteiger partial charge in [-0.05, 0) is 0 Å². The molecule has 13 nitrogen and oxygen atoms in total. The highest BCUT2D eigenvalue weighted by Crippen LogP contribution is 2.60. The Kier molecular flexibility index (Phi) is 8.10. The van der Waals surface area contributed by atoms with Gasteiger partial charge in [0.2, 0.25) is 0 Å². The molecule has 208 valence electrons. The van der Waals surface area contributed by atoms with Crippen LogP contribution in [0.4, 0.5) is 45.5 Å². The first-order valence-corrected chi connectivity index (χ1v) is 12.5. The summed E-state index contributed by atoms with van der Waals surface area (Å²) in [4.78, 5) is 43.1. The lowest BCUT2D eigenvalue weighted by molar-refractivity contribution is -0.385. The molecule has 0 amide bonds. The Morgan fingerprint density at radius 2 is 0.610 bits per heavy atom. The van der Waals surface area contributed by atoms with Crippen LogP contribution in [0.5, 0.6) is 0 Å². The van der Waals surface area contributed by atoms with Crippen LogP contribution in [0.1, 0.15) is 0 Å². The lowest BCUT2D eigenvalue weighted by Gasteiger charge is -2.38. The zero-order valence-corrected chi connectivity index (χ0v) is 23.0. The molecule has 0 aliphatic heterocycles. The van der Waals surface area contributed by atoms with Crippen LogP contribution in [0.25, 0.3) is 0 Å². The molecule has 0 bridgehead atoms. The molecule has 0 spiro atoms. The van der Waals surface area contributed by atoms with E-state index in [1.165, 1.54) is 24.3 Å². The molecular weight excluding hydrogens is 628 g/mol. The molecule has 0 saturated heterocycles. The summed E-state index contributed by atoms with van der Waals surface area (Å²) >= 11 is 26.5. The van der Waals surface area contributed by atoms with Gasteiger partial charge in [0.15, 0.2) is 22.7 Å². The number of benzene rings is 4. The molecule has 0 aliphatic rings. The lowest BCUT2D eigenvalue weighted by atomic mass is 10.0. The van der Waals surface area contributed by atoms with Gasteiger partial charge in [-0.15, -0.1) is 0 Å². The van der Waals surface area contributed by atoms with E-state index in [9.17, 15) is 40.5 Å². The van der Waals surface area contributed by atoms with Gasteiger partial charge in [0, 0.05) is 72.8 Å². The Hall–Kier alpha value is -4.40. The SMILES string of the molecule is O=[N+]([O-])c1ccc([N+](c2ccc([N+](=O)[O-])cc2Cl)(c2ccc([N+](=O)[O-])cc2Cl)c2ccc([N+](=O)[O-])cc2Cl)c(Cl)c1. The van der Waals surface area contributed by atoms with Crippen molar-refractivity contribution in [1.82, 2.24) is 4.48 Å². The summed E-state index contributed by atoms with van der Waals surface area (Å²) in [5, 5.41) is 45.0. The molecule has 0 aliphatic carbocycles. The minimum atomic E-state index is -0.846. The Labute approximate surface area is 248 Å². The molecule has 0 heterocycles. The Bertz CT molecular complexity index is 1530. The molecule has 0 aromatic heterocycles. The number of rotatable bonds is 8. The van der Waals surface area contributed by atoms with Gasteiger partial charge in [0.1, 0.15) is 20.1 Å². The van der Waals surface area contributed by atoms with Gasteiger partial charge in [0.25, 0.3) is 22.7 Å². The van der Waals surface area contributed by atoms with Crippen LogP contribution < -0.4 is 4.48 Å². The summed E-state index contributed by atoms with van der Waals surface area (Å²) in [5.41, 5.74) is -1.52. The standard InChI is InChI=1S/C24H12Cl4N5O8/c25-17-9-13(29(34)35)1-5-21(17)33(22-6-2-14(30(36)37)10-18(22)26,23-7-3-15(31(38)39)11-19(23)27)24-8-4-16(32(40)41)12-20(24)28/h1-12H/q+1. The number of nitro groups is 4. The van der Waals surface area contributed by atoms with Crippen molar-refractivity contribution in [1.29, 1.82) is 0 Å². The van der Waals surface area contributed by atoms with Crippen LogP contribution in [-0.4, -0.2) is 19.7 Å². The van der Waals surface area contributed by atoms with Crippen LogP contribution in [0.15, 0.2) is 72.8 Å². The second-order valence-corrected chi connectivity index (χ2v) is 9.87. The van der Waals surface area contributed by atoms with Crippen molar-refractivity contribution in [3.63, 3.8) is 0 Å². The minimum Gasteiger partial charge on any atom is -0.258 e. The smallest absolute Gasteiger partial charge is 0.258 e. The van der Waals surface area contributed by atoms with E-state index >= 15 is 0 Å². The quantitative estimate of drug-likeness (QED) is 0.104. The summed E-state index contributed by atoms with van der Waals surface area (Å²) in [6, 6.07) is 13.6. The van der Waals surface area contributed by atoms with Crippen molar-refractivity contribution in [2.75, 3.05) is 0 Å². The zero-order valence-electron chi connectivity index (χ0n) is 19.9. The maximum absolute atomic E-state index is 11.5. The molecule has 0 radical (unpaired) electrons. The van der Waals surface area contributed by atoms with Gasteiger partial charge in [-0.2, -0.15) is 4.48 Å². The maximum atomic E-state index is 11.5. The first-order chi connectivity index (χ1) is 19.3. The van der Waals surface area contributed by atoms with Crippen LogP contribution in [0.3, 0.4) is 0 Å². The second kappa shape index (κ2) is 11.2. The predicted molar refractivity (Wildman–Crippen MR) is 153 cm³/mol. The van der Waals surface area contributed by atoms with Crippen molar-refractivity contribution in [2.24, 2.45) is 0 Å². The first-order valence-electron chi connectivity index (χ1n) is 11.0. The van der Waals surface area contributed by atoms with Gasteiger partial charge < -0.3 is 0 Å². The van der Waals surface area contributed by atoms with E-state index in [2.05, 4.69) is 0 Å².